The molecule has 0 aliphatic carbocycles. The summed E-state index contributed by atoms with van der Waals surface area (Å²) in [6.07, 6.45) is 0. The number of carbonyl (C=O) groups excluding carboxylic acids is 1. The normalized spacial score (nSPS) is 10.7. The quantitative estimate of drug-likeness (QED) is 0.664. The van der Waals surface area contributed by atoms with Gasteiger partial charge in [0.2, 0.25) is 0 Å². The number of carbonyl (C=O) groups is 1. The largest absolute Gasteiger partial charge is 0.493 e. The van der Waals surface area contributed by atoms with E-state index in [9.17, 15) is 4.79 Å². The van der Waals surface area contributed by atoms with Crippen LogP contribution in [0.3, 0.4) is 0 Å². The van der Waals surface area contributed by atoms with Gasteiger partial charge in [-0.3, -0.25) is 9.89 Å². The molecule has 7 heteroatoms. The number of aromatic amines is 1. The van der Waals surface area contributed by atoms with E-state index in [2.05, 4.69) is 23.2 Å². The molecule has 0 aliphatic heterocycles. The molecule has 1 N–H and O–H groups in total. The molecule has 0 atom stereocenters. The highest BCUT2D eigenvalue weighted by molar-refractivity contribution is 7.15. The molecule has 3 rings (SSSR count). The maximum Gasteiger partial charge on any atom is 0.274 e. The van der Waals surface area contributed by atoms with Gasteiger partial charge >= 0.3 is 0 Å². The van der Waals surface area contributed by atoms with E-state index in [1.54, 1.807) is 30.5 Å². The highest BCUT2D eigenvalue weighted by Crippen LogP contribution is 2.29. The Morgan fingerprint density at radius 2 is 1.93 bits per heavy atom. The Bertz CT molecular complexity index is 932. The fourth-order valence-electron chi connectivity index (χ4n) is 2.83. The van der Waals surface area contributed by atoms with Crippen LogP contribution in [0.1, 0.15) is 27.9 Å². The second kappa shape index (κ2) is 8.26. The minimum atomic E-state index is -0.108. The minimum Gasteiger partial charge on any atom is -0.493 e. The average Bonchev–Trinajstić information content (AvgIpc) is 3.34. The number of benzene rings is 1. The second-order valence-electron chi connectivity index (χ2n) is 6.09. The average molecular weight is 385 g/mol. The van der Waals surface area contributed by atoms with Crippen molar-refractivity contribution < 1.29 is 14.3 Å². The van der Waals surface area contributed by atoms with Crippen LogP contribution in [-0.4, -0.2) is 41.8 Å². The topological polar surface area (TPSA) is 67.5 Å². The van der Waals surface area contributed by atoms with Crippen molar-refractivity contribution in [3.63, 3.8) is 0 Å². The van der Waals surface area contributed by atoms with Crippen LogP contribution in [0.5, 0.6) is 11.5 Å². The van der Waals surface area contributed by atoms with Crippen LogP contribution >= 0.6 is 11.3 Å². The number of hydrogen-bond donors (Lipinski definition) is 1. The van der Waals surface area contributed by atoms with Crippen LogP contribution in [0.2, 0.25) is 0 Å². The molecule has 0 aliphatic rings. The SMILES string of the molecule is CCN(Cc1ccc(OC)c(OC)c1)C(=O)c1cc(-c2ccc(C)s2)[nH]n1. The summed E-state index contributed by atoms with van der Waals surface area (Å²) < 4.78 is 10.6. The third kappa shape index (κ3) is 4.14. The zero-order valence-corrected chi connectivity index (χ0v) is 16.7. The number of hydrogen-bond acceptors (Lipinski definition) is 5. The summed E-state index contributed by atoms with van der Waals surface area (Å²) in [5.41, 5.74) is 2.24. The molecule has 0 fully saturated rings. The predicted octanol–water partition coefficient (Wildman–Crippen LogP) is 4.13. The number of thiophene rings is 1. The Kier molecular flexibility index (Phi) is 5.81. The Hall–Kier alpha value is -2.80. The van der Waals surface area contributed by atoms with E-state index < -0.39 is 0 Å². The Balaban J connectivity index is 1.77. The number of ether oxygens (including phenoxy) is 2. The monoisotopic (exact) mass is 385 g/mol. The molecule has 0 bridgehead atoms. The van der Waals surface area contributed by atoms with Gasteiger partial charge in [-0.1, -0.05) is 6.07 Å². The van der Waals surface area contributed by atoms with E-state index in [4.69, 9.17) is 9.47 Å². The lowest BCUT2D eigenvalue weighted by Gasteiger charge is -2.20. The first-order chi connectivity index (χ1) is 13.0. The van der Waals surface area contributed by atoms with Crippen LogP contribution < -0.4 is 9.47 Å². The van der Waals surface area contributed by atoms with Gasteiger partial charge in [0.25, 0.3) is 5.91 Å². The van der Waals surface area contributed by atoms with E-state index in [0.717, 1.165) is 16.1 Å². The molecule has 142 valence electrons. The van der Waals surface area contributed by atoms with Gasteiger partial charge in [-0.05, 0) is 49.7 Å². The molecule has 0 saturated heterocycles. The summed E-state index contributed by atoms with van der Waals surface area (Å²) in [4.78, 5) is 16.9. The standard InChI is InChI=1S/C20H23N3O3S/c1-5-23(12-14-7-8-17(25-3)18(10-14)26-4)20(24)16-11-15(21-22-16)19-9-6-13(2)27-19/h6-11H,5,12H2,1-4H3,(H,21,22). The number of nitrogens with zero attached hydrogens (tertiary/aromatic N) is 2. The highest BCUT2D eigenvalue weighted by atomic mass is 32.1. The van der Waals surface area contributed by atoms with Crippen molar-refractivity contribution in [3.05, 3.63) is 52.5 Å². The molecule has 1 aromatic carbocycles. The van der Waals surface area contributed by atoms with E-state index >= 15 is 0 Å². The Labute approximate surface area is 162 Å². The lowest BCUT2D eigenvalue weighted by atomic mass is 10.1. The smallest absolute Gasteiger partial charge is 0.274 e. The highest BCUT2D eigenvalue weighted by Gasteiger charge is 2.19. The molecular weight excluding hydrogens is 362 g/mol. The summed E-state index contributed by atoms with van der Waals surface area (Å²) in [5.74, 6) is 1.20. The number of nitrogens with one attached hydrogen (secondary N) is 1. The van der Waals surface area contributed by atoms with Crippen molar-refractivity contribution in [2.75, 3.05) is 20.8 Å². The molecule has 3 aromatic rings. The fraction of sp³-hybridized carbons (Fsp3) is 0.300. The van der Waals surface area contributed by atoms with Crippen molar-refractivity contribution in [2.24, 2.45) is 0 Å². The summed E-state index contributed by atoms with van der Waals surface area (Å²) >= 11 is 1.67. The first-order valence-corrected chi connectivity index (χ1v) is 9.49. The second-order valence-corrected chi connectivity index (χ2v) is 7.37. The summed E-state index contributed by atoms with van der Waals surface area (Å²) in [6, 6.07) is 11.6. The minimum absolute atomic E-state index is 0.108. The molecule has 1 amide bonds. The summed E-state index contributed by atoms with van der Waals surface area (Å²) in [6.45, 7) is 5.05. The third-order valence-corrected chi connectivity index (χ3v) is 5.33. The first kappa shape index (κ1) is 19.0. The van der Waals surface area contributed by atoms with Gasteiger partial charge in [0, 0.05) is 18.0 Å². The van der Waals surface area contributed by atoms with Gasteiger partial charge in [0.1, 0.15) is 0 Å². The van der Waals surface area contributed by atoms with Gasteiger partial charge in [-0.15, -0.1) is 11.3 Å². The number of amides is 1. The van der Waals surface area contributed by atoms with Crippen molar-refractivity contribution in [1.29, 1.82) is 0 Å². The van der Waals surface area contributed by atoms with Crippen LogP contribution in [0.15, 0.2) is 36.4 Å². The van der Waals surface area contributed by atoms with E-state index in [0.29, 0.717) is 30.3 Å². The van der Waals surface area contributed by atoms with E-state index in [1.165, 1.54) is 4.88 Å². The molecule has 27 heavy (non-hydrogen) atoms. The third-order valence-electron chi connectivity index (χ3n) is 4.29. The van der Waals surface area contributed by atoms with Crippen LogP contribution in [-0.2, 0) is 6.54 Å². The molecule has 6 nitrogen and oxygen atoms in total. The van der Waals surface area contributed by atoms with E-state index in [1.807, 2.05) is 37.3 Å². The van der Waals surface area contributed by atoms with Gasteiger partial charge in [-0.2, -0.15) is 5.10 Å². The van der Waals surface area contributed by atoms with Gasteiger partial charge in [0.15, 0.2) is 17.2 Å². The Morgan fingerprint density at radius 1 is 1.15 bits per heavy atom. The lowest BCUT2D eigenvalue weighted by Crippen LogP contribution is -2.30. The van der Waals surface area contributed by atoms with Crippen molar-refractivity contribution >= 4 is 17.2 Å². The number of methoxy groups -OCH3 is 2. The number of H-pyrrole nitrogens is 1. The first-order valence-electron chi connectivity index (χ1n) is 8.68. The number of aryl methyl sites for hydroxylation is 1. The maximum absolute atomic E-state index is 12.9. The lowest BCUT2D eigenvalue weighted by molar-refractivity contribution is 0.0746. The van der Waals surface area contributed by atoms with Crippen LogP contribution in [0.4, 0.5) is 0 Å². The van der Waals surface area contributed by atoms with Crippen molar-refractivity contribution in [2.45, 2.75) is 20.4 Å². The zero-order valence-electron chi connectivity index (χ0n) is 15.9. The summed E-state index contributed by atoms with van der Waals surface area (Å²) in [7, 11) is 3.20. The molecule has 0 radical (unpaired) electrons. The number of aromatic nitrogens is 2. The molecular formula is C20H23N3O3S. The maximum atomic E-state index is 12.9. The molecule has 0 unspecified atom stereocenters. The fourth-order valence-corrected chi connectivity index (χ4v) is 3.66. The zero-order chi connectivity index (χ0) is 19.4. The van der Waals surface area contributed by atoms with Crippen LogP contribution in [0, 0.1) is 6.92 Å². The summed E-state index contributed by atoms with van der Waals surface area (Å²) in [5, 5.41) is 7.19. The van der Waals surface area contributed by atoms with Crippen LogP contribution in [0.25, 0.3) is 10.6 Å². The molecule has 2 heterocycles. The van der Waals surface area contributed by atoms with Gasteiger partial charge in [0.05, 0.1) is 24.8 Å². The molecule has 2 aromatic heterocycles. The Morgan fingerprint density at radius 3 is 2.56 bits per heavy atom. The number of rotatable bonds is 7. The van der Waals surface area contributed by atoms with Crippen molar-refractivity contribution in [3.8, 4) is 22.1 Å². The molecule has 0 saturated carbocycles. The van der Waals surface area contributed by atoms with E-state index in [-0.39, 0.29) is 5.91 Å². The predicted molar refractivity (Wildman–Crippen MR) is 107 cm³/mol. The van der Waals surface area contributed by atoms with Crippen molar-refractivity contribution in [1.82, 2.24) is 15.1 Å². The molecule has 0 spiro atoms. The van der Waals surface area contributed by atoms with Gasteiger partial charge in [-0.25, -0.2) is 0 Å². The van der Waals surface area contributed by atoms with Gasteiger partial charge < -0.3 is 14.4 Å².